The van der Waals surface area contributed by atoms with Gasteiger partial charge in [-0.1, -0.05) is 0 Å². The summed E-state index contributed by atoms with van der Waals surface area (Å²) in [7, 11) is 1.79. The summed E-state index contributed by atoms with van der Waals surface area (Å²) in [6.07, 6.45) is 0. The fraction of sp³-hybridized carbons (Fsp3) is 0.500. The molecule has 0 aromatic heterocycles. The minimum atomic E-state index is 0. The number of hydrogen-bond donors (Lipinski definition) is 1. The second-order valence-corrected chi connectivity index (χ2v) is 5.33. The average molecular weight is 319 g/mol. The molecule has 114 valence electrons. The summed E-state index contributed by atoms with van der Waals surface area (Å²) in [5, 5.41) is 0. The molecule has 0 spiro atoms. The zero-order chi connectivity index (χ0) is 14.3. The molecule has 0 radical (unpaired) electrons. The van der Waals surface area contributed by atoms with Crippen LogP contribution in [0.3, 0.4) is 0 Å². The SMILES string of the molecule is CCOc1ccc(SCC(=O)N(C)C(C)CN)cc1.Cl. The van der Waals surface area contributed by atoms with E-state index in [0.717, 1.165) is 10.6 Å². The predicted molar refractivity (Wildman–Crippen MR) is 86.9 cm³/mol. The van der Waals surface area contributed by atoms with Crippen LogP contribution in [0.25, 0.3) is 0 Å². The van der Waals surface area contributed by atoms with Gasteiger partial charge in [0.2, 0.25) is 5.91 Å². The fourth-order valence-electron chi connectivity index (χ4n) is 1.45. The smallest absolute Gasteiger partial charge is 0.232 e. The summed E-state index contributed by atoms with van der Waals surface area (Å²) in [5.74, 6) is 1.37. The van der Waals surface area contributed by atoms with Crippen molar-refractivity contribution in [1.82, 2.24) is 4.90 Å². The summed E-state index contributed by atoms with van der Waals surface area (Å²) in [6, 6.07) is 7.85. The normalized spacial score (nSPS) is 11.4. The van der Waals surface area contributed by atoms with E-state index in [4.69, 9.17) is 10.5 Å². The predicted octanol–water partition coefficient (Wildman–Crippen LogP) is 2.40. The molecule has 0 bridgehead atoms. The highest BCUT2D eigenvalue weighted by Gasteiger charge is 2.14. The maximum Gasteiger partial charge on any atom is 0.232 e. The molecule has 4 nitrogen and oxygen atoms in total. The molecule has 1 aromatic carbocycles. The first-order valence-electron chi connectivity index (χ1n) is 6.39. The van der Waals surface area contributed by atoms with Gasteiger partial charge in [0.05, 0.1) is 12.4 Å². The topological polar surface area (TPSA) is 55.6 Å². The highest BCUT2D eigenvalue weighted by atomic mass is 35.5. The van der Waals surface area contributed by atoms with Gasteiger partial charge in [-0.3, -0.25) is 4.79 Å². The van der Waals surface area contributed by atoms with Crippen LogP contribution < -0.4 is 10.5 Å². The molecule has 0 aliphatic carbocycles. The van der Waals surface area contributed by atoms with Crippen molar-refractivity contribution >= 4 is 30.1 Å². The molecule has 1 amide bonds. The minimum absolute atomic E-state index is 0. The van der Waals surface area contributed by atoms with Crippen LogP contribution >= 0.6 is 24.2 Å². The summed E-state index contributed by atoms with van der Waals surface area (Å²) in [5.41, 5.74) is 5.55. The largest absolute Gasteiger partial charge is 0.494 e. The first-order valence-corrected chi connectivity index (χ1v) is 7.38. The third kappa shape index (κ3) is 6.03. The van der Waals surface area contributed by atoms with Crippen LogP contribution in [0.4, 0.5) is 0 Å². The highest BCUT2D eigenvalue weighted by Crippen LogP contribution is 2.21. The van der Waals surface area contributed by atoms with Crippen LogP contribution in [0, 0.1) is 0 Å². The molecular weight excluding hydrogens is 296 g/mol. The molecule has 0 aliphatic heterocycles. The van der Waals surface area contributed by atoms with Gasteiger partial charge in [-0.15, -0.1) is 24.2 Å². The minimum Gasteiger partial charge on any atom is -0.494 e. The monoisotopic (exact) mass is 318 g/mol. The van der Waals surface area contributed by atoms with Crippen LogP contribution in [-0.2, 0) is 4.79 Å². The maximum atomic E-state index is 11.9. The van der Waals surface area contributed by atoms with Gasteiger partial charge >= 0.3 is 0 Å². The van der Waals surface area contributed by atoms with Gasteiger partial charge in [-0.25, -0.2) is 0 Å². The van der Waals surface area contributed by atoms with Gasteiger partial charge in [0.1, 0.15) is 5.75 Å². The number of carbonyl (C=O) groups is 1. The second kappa shape index (κ2) is 9.91. The van der Waals surface area contributed by atoms with E-state index in [0.29, 0.717) is 18.9 Å². The van der Waals surface area contributed by atoms with Gasteiger partial charge in [0, 0.05) is 24.5 Å². The Morgan fingerprint density at radius 1 is 1.40 bits per heavy atom. The molecule has 0 fully saturated rings. The van der Waals surface area contributed by atoms with Crippen LogP contribution in [0.1, 0.15) is 13.8 Å². The standard InChI is InChI=1S/C14H22N2O2S.ClH/c1-4-18-12-5-7-13(8-6-12)19-10-14(17)16(3)11(2)9-15;/h5-8,11H,4,9-10,15H2,1-3H3;1H. The molecule has 0 heterocycles. The molecule has 1 atom stereocenters. The van der Waals surface area contributed by atoms with Gasteiger partial charge < -0.3 is 15.4 Å². The lowest BCUT2D eigenvalue weighted by molar-refractivity contribution is -0.128. The molecule has 20 heavy (non-hydrogen) atoms. The lowest BCUT2D eigenvalue weighted by atomic mass is 10.3. The number of amides is 1. The Bertz CT molecular complexity index is 401. The Morgan fingerprint density at radius 2 is 2.00 bits per heavy atom. The van der Waals surface area contributed by atoms with Crippen LogP contribution in [0.5, 0.6) is 5.75 Å². The van der Waals surface area contributed by atoms with E-state index in [2.05, 4.69) is 0 Å². The number of ether oxygens (including phenoxy) is 1. The Labute approximate surface area is 131 Å². The average Bonchev–Trinajstić information content (AvgIpc) is 2.44. The Hall–Kier alpha value is -0.910. The number of likely N-dealkylation sites (N-methyl/N-ethyl adjacent to an activating group) is 1. The number of halogens is 1. The number of carbonyl (C=O) groups excluding carboxylic acids is 1. The third-order valence-corrected chi connectivity index (χ3v) is 3.89. The van der Waals surface area contributed by atoms with E-state index in [1.165, 1.54) is 11.8 Å². The van der Waals surface area contributed by atoms with Crippen LogP contribution in [0.2, 0.25) is 0 Å². The second-order valence-electron chi connectivity index (χ2n) is 4.28. The highest BCUT2D eigenvalue weighted by molar-refractivity contribution is 8.00. The Kier molecular flexibility index (Phi) is 9.46. The van der Waals surface area contributed by atoms with E-state index in [9.17, 15) is 4.79 Å². The summed E-state index contributed by atoms with van der Waals surface area (Å²) < 4.78 is 5.37. The van der Waals surface area contributed by atoms with Gasteiger partial charge in [0.25, 0.3) is 0 Å². The molecule has 1 aromatic rings. The Morgan fingerprint density at radius 3 is 2.50 bits per heavy atom. The molecule has 2 N–H and O–H groups in total. The lowest BCUT2D eigenvalue weighted by Crippen LogP contribution is -2.40. The maximum absolute atomic E-state index is 11.9. The molecule has 0 aliphatic rings. The van der Waals surface area contributed by atoms with Crippen molar-refractivity contribution in [3.63, 3.8) is 0 Å². The van der Waals surface area contributed by atoms with E-state index in [1.54, 1.807) is 11.9 Å². The Balaban J connectivity index is 0.00000361. The summed E-state index contributed by atoms with van der Waals surface area (Å²) in [4.78, 5) is 14.7. The van der Waals surface area contributed by atoms with Crippen molar-refractivity contribution < 1.29 is 9.53 Å². The number of nitrogens with two attached hydrogens (primary N) is 1. The molecular formula is C14H23ClN2O2S. The fourth-order valence-corrected chi connectivity index (χ4v) is 2.27. The summed E-state index contributed by atoms with van der Waals surface area (Å²) >= 11 is 1.52. The van der Waals surface area contributed by atoms with Gasteiger partial charge in [-0.2, -0.15) is 0 Å². The number of benzene rings is 1. The molecule has 1 unspecified atom stereocenters. The number of hydrogen-bond acceptors (Lipinski definition) is 4. The first kappa shape index (κ1) is 19.1. The molecule has 1 rings (SSSR count). The van der Waals surface area contributed by atoms with E-state index >= 15 is 0 Å². The lowest BCUT2D eigenvalue weighted by Gasteiger charge is -2.23. The summed E-state index contributed by atoms with van der Waals surface area (Å²) in [6.45, 7) is 5.04. The van der Waals surface area contributed by atoms with Crippen molar-refractivity contribution in [2.24, 2.45) is 5.73 Å². The van der Waals surface area contributed by atoms with Gasteiger partial charge in [-0.05, 0) is 38.1 Å². The van der Waals surface area contributed by atoms with E-state index in [1.807, 2.05) is 38.1 Å². The third-order valence-electron chi connectivity index (χ3n) is 2.89. The number of nitrogens with zero attached hydrogens (tertiary/aromatic N) is 1. The zero-order valence-electron chi connectivity index (χ0n) is 12.2. The molecule has 0 saturated carbocycles. The van der Waals surface area contributed by atoms with Gasteiger partial charge in [0.15, 0.2) is 0 Å². The quantitative estimate of drug-likeness (QED) is 0.784. The van der Waals surface area contributed by atoms with Crippen LogP contribution in [0.15, 0.2) is 29.2 Å². The van der Waals surface area contributed by atoms with Crippen molar-refractivity contribution in [2.75, 3.05) is 26.0 Å². The van der Waals surface area contributed by atoms with E-state index < -0.39 is 0 Å². The van der Waals surface area contributed by atoms with Crippen molar-refractivity contribution in [3.8, 4) is 5.75 Å². The first-order chi connectivity index (χ1) is 9.08. The molecule has 0 saturated heterocycles. The molecule has 6 heteroatoms. The number of thioether (sulfide) groups is 1. The van der Waals surface area contributed by atoms with Crippen molar-refractivity contribution in [1.29, 1.82) is 0 Å². The van der Waals surface area contributed by atoms with Crippen molar-refractivity contribution in [3.05, 3.63) is 24.3 Å². The van der Waals surface area contributed by atoms with Crippen LogP contribution in [-0.4, -0.2) is 42.8 Å². The van der Waals surface area contributed by atoms with E-state index in [-0.39, 0.29) is 24.4 Å². The zero-order valence-corrected chi connectivity index (χ0v) is 13.8. The number of rotatable bonds is 7. The van der Waals surface area contributed by atoms with Crippen molar-refractivity contribution in [2.45, 2.75) is 24.8 Å².